The number of alkyl halides is 3. The van der Waals surface area contributed by atoms with E-state index >= 15 is 0 Å². The first-order valence-corrected chi connectivity index (χ1v) is 7.00. The average Bonchev–Trinajstić information content (AvgIpc) is 2.52. The Morgan fingerprint density at radius 1 is 1.17 bits per heavy atom. The molecule has 0 saturated carbocycles. The Kier molecular flexibility index (Phi) is 4.97. The molecule has 0 aliphatic heterocycles. The summed E-state index contributed by atoms with van der Waals surface area (Å²) in [4.78, 5) is 11.6. The Balaban J connectivity index is 2.62. The van der Waals surface area contributed by atoms with Crippen LogP contribution in [0.25, 0.3) is 11.6 Å². The number of ether oxygens (including phenoxy) is 1. The molecule has 0 spiro atoms. The first kappa shape index (κ1) is 17.6. The molecule has 24 heavy (non-hydrogen) atoms. The summed E-state index contributed by atoms with van der Waals surface area (Å²) in [5, 5.41) is 9.45. The third-order valence-electron chi connectivity index (χ3n) is 3.52. The molecule has 0 amide bonds. The van der Waals surface area contributed by atoms with Crippen LogP contribution in [-0.4, -0.2) is 18.2 Å². The normalized spacial score (nSPS) is 12.1. The highest BCUT2D eigenvalue weighted by molar-refractivity contribution is 6.21. The minimum atomic E-state index is -4.56. The van der Waals surface area contributed by atoms with E-state index < -0.39 is 17.7 Å². The smallest absolute Gasteiger partial charge is 0.416 e. The van der Waals surface area contributed by atoms with Crippen LogP contribution in [-0.2, 0) is 11.0 Å². The van der Waals surface area contributed by atoms with Crippen LogP contribution in [0.3, 0.4) is 0 Å². The van der Waals surface area contributed by atoms with Crippen LogP contribution in [0.5, 0.6) is 5.75 Å². The lowest BCUT2D eigenvalue weighted by Crippen LogP contribution is -2.08. The number of carbonyl (C=O) groups is 1. The number of aryl methyl sites for hydroxylation is 1. The molecular weight excluding hydrogens is 321 g/mol. The number of carboxylic acids is 1. The third kappa shape index (κ3) is 3.76. The Bertz CT molecular complexity index is 792. The highest BCUT2D eigenvalue weighted by Gasteiger charge is 2.32. The molecule has 0 aliphatic carbocycles. The number of aliphatic carboxylic acids is 1. The van der Waals surface area contributed by atoms with Gasteiger partial charge in [0.25, 0.3) is 0 Å². The second-order valence-electron chi connectivity index (χ2n) is 5.13. The minimum absolute atomic E-state index is 0.197. The molecular formula is C18H15F3O3. The van der Waals surface area contributed by atoms with Gasteiger partial charge in [-0.1, -0.05) is 24.3 Å². The molecule has 1 N–H and O–H groups in total. The topological polar surface area (TPSA) is 46.5 Å². The molecule has 0 heterocycles. The Hall–Kier alpha value is -2.76. The van der Waals surface area contributed by atoms with Gasteiger partial charge < -0.3 is 9.84 Å². The second kappa shape index (κ2) is 6.78. The summed E-state index contributed by atoms with van der Waals surface area (Å²) in [7, 11) is 1.47. The minimum Gasteiger partial charge on any atom is -0.497 e. The van der Waals surface area contributed by atoms with Gasteiger partial charge in [-0.05, 0) is 47.9 Å². The molecule has 126 valence electrons. The molecule has 0 radical (unpaired) electrons. The maximum Gasteiger partial charge on any atom is 0.416 e. The Morgan fingerprint density at radius 2 is 1.83 bits per heavy atom. The molecule has 0 aromatic heterocycles. The van der Waals surface area contributed by atoms with E-state index in [2.05, 4.69) is 0 Å². The van der Waals surface area contributed by atoms with Gasteiger partial charge in [-0.3, -0.25) is 0 Å². The van der Waals surface area contributed by atoms with Gasteiger partial charge in [-0.25, -0.2) is 4.79 Å². The van der Waals surface area contributed by atoms with Crippen LogP contribution in [0, 0.1) is 6.92 Å². The molecule has 2 rings (SSSR count). The maximum atomic E-state index is 13.1. The summed E-state index contributed by atoms with van der Waals surface area (Å²) in [6.45, 7) is 1.67. The second-order valence-corrected chi connectivity index (χ2v) is 5.13. The predicted octanol–water partition coefficient (Wildman–Crippen LogP) is 4.65. The van der Waals surface area contributed by atoms with Crippen LogP contribution in [0.15, 0.2) is 42.5 Å². The van der Waals surface area contributed by atoms with Gasteiger partial charge in [0.15, 0.2) is 0 Å². The molecule has 3 nitrogen and oxygen atoms in total. The van der Waals surface area contributed by atoms with Gasteiger partial charge in [-0.15, -0.1) is 0 Å². The monoisotopic (exact) mass is 336 g/mol. The van der Waals surface area contributed by atoms with Crippen LogP contribution >= 0.6 is 0 Å². The molecule has 2 aromatic carbocycles. The standard InChI is InChI=1S/C18H15F3O3/c1-11-9-13(24-2)7-8-14(11)15(17(22)23)10-12-5-3-4-6-16(12)18(19,20)21/h3-10H,1-2H3,(H,22,23)/b15-10-. The number of hydrogen-bond donors (Lipinski definition) is 1. The molecule has 2 aromatic rings. The number of carboxylic acid groups (broad SMARTS) is 1. The highest BCUT2D eigenvalue weighted by atomic mass is 19.4. The van der Waals surface area contributed by atoms with Gasteiger partial charge in [0.05, 0.1) is 18.2 Å². The van der Waals surface area contributed by atoms with E-state index in [-0.39, 0.29) is 11.1 Å². The van der Waals surface area contributed by atoms with Crippen molar-refractivity contribution in [2.75, 3.05) is 7.11 Å². The fourth-order valence-electron chi connectivity index (χ4n) is 2.36. The first-order valence-electron chi connectivity index (χ1n) is 7.00. The molecule has 0 fully saturated rings. The van der Waals surface area contributed by atoms with Crippen molar-refractivity contribution in [2.45, 2.75) is 13.1 Å². The van der Waals surface area contributed by atoms with Gasteiger partial charge in [0.2, 0.25) is 0 Å². The zero-order chi connectivity index (χ0) is 17.9. The van der Waals surface area contributed by atoms with E-state index in [0.717, 1.165) is 12.1 Å². The van der Waals surface area contributed by atoms with Crippen molar-refractivity contribution in [1.82, 2.24) is 0 Å². The van der Waals surface area contributed by atoms with Crippen molar-refractivity contribution in [2.24, 2.45) is 0 Å². The summed E-state index contributed by atoms with van der Waals surface area (Å²) in [5.74, 6) is -0.767. The lowest BCUT2D eigenvalue weighted by molar-refractivity contribution is -0.137. The quantitative estimate of drug-likeness (QED) is 0.653. The summed E-state index contributed by atoms with van der Waals surface area (Å²) in [6.07, 6.45) is -3.52. The van der Waals surface area contributed by atoms with E-state index in [9.17, 15) is 23.1 Å². The van der Waals surface area contributed by atoms with Gasteiger partial charge >= 0.3 is 12.1 Å². The van der Waals surface area contributed by atoms with Gasteiger partial charge in [0, 0.05) is 0 Å². The predicted molar refractivity (Wildman–Crippen MR) is 84.7 cm³/mol. The van der Waals surface area contributed by atoms with Crippen molar-refractivity contribution in [3.05, 3.63) is 64.7 Å². The fraction of sp³-hybridized carbons (Fsp3) is 0.167. The zero-order valence-corrected chi connectivity index (χ0v) is 13.0. The van der Waals surface area contributed by atoms with E-state index in [0.29, 0.717) is 16.9 Å². The van der Waals surface area contributed by atoms with Crippen LogP contribution < -0.4 is 4.74 Å². The van der Waals surface area contributed by atoms with Crippen LogP contribution in [0.4, 0.5) is 13.2 Å². The number of hydrogen-bond acceptors (Lipinski definition) is 2. The lowest BCUT2D eigenvalue weighted by Gasteiger charge is -2.12. The highest BCUT2D eigenvalue weighted by Crippen LogP contribution is 2.34. The molecule has 6 heteroatoms. The van der Waals surface area contributed by atoms with Crippen LogP contribution in [0.1, 0.15) is 22.3 Å². The Labute approximate surface area is 137 Å². The third-order valence-corrected chi connectivity index (χ3v) is 3.52. The molecule has 0 bridgehead atoms. The average molecular weight is 336 g/mol. The summed E-state index contributed by atoms with van der Waals surface area (Å²) < 4.78 is 44.3. The van der Waals surface area contributed by atoms with E-state index in [1.54, 1.807) is 19.1 Å². The van der Waals surface area contributed by atoms with Gasteiger partial charge in [0.1, 0.15) is 5.75 Å². The largest absolute Gasteiger partial charge is 0.497 e. The zero-order valence-electron chi connectivity index (χ0n) is 13.0. The van der Waals surface area contributed by atoms with Crippen molar-refractivity contribution >= 4 is 17.6 Å². The maximum absolute atomic E-state index is 13.1. The molecule has 0 unspecified atom stereocenters. The SMILES string of the molecule is COc1ccc(/C(=C/c2ccccc2C(F)(F)F)C(=O)O)c(C)c1. The van der Waals surface area contributed by atoms with E-state index in [1.165, 1.54) is 31.4 Å². The van der Waals surface area contributed by atoms with E-state index in [1.807, 2.05) is 0 Å². The van der Waals surface area contributed by atoms with Crippen LogP contribution in [0.2, 0.25) is 0 Å². The van der Waals surface area contributed by atoms with E-state index in [4.69, 9.17) is 4.74 Å². The summed E-state index contributed by atoms with van der Waals surface area (Å²) in [6, 6.07) is 9.57. The number of halogens is 3. The van der Waals surface area contributed by atoms with Gasteiger partial charge in [-0.2, -0.15) is 13.2 Å². The van der Waals surface area contributed by atoms with Crippen molar-refractivity contribution in [3.63, 3.8) is 0 Å². The lowest BCUT2D eigenvalue weighted by atomic mass is 9.96. The molecule has 0 saturated heterocycles. The summed E-state index contributed by atoms with van der Waals surface area (Å²) >= 11 is 0. The van der Waals surface area contributed by atoms with Crippen molar-refractivity contribution in [1.29, 1.82) is 0 Å². The molecule has 0 atom stereocenters. The summed E-state index contributed by atoms with van der Waals surface area (Å²) in [5.41, 5.74) is -0.368. The Morgan fingerprint density at radius 3 is 2.38 bits per heavy atom. The molecule has 0 aliphatic rings. The number of benzene rings is 2. The van der Waals surface area contributed by atoms with Crippen molar-refractivity contribution in [3.8, 4) is 5.75 Å². The fourth-order valence-corrected chi connectivity index (χ4v) is 2.36. The number of rotatable bonds is 4. The first-order chi connectivity index (χ1) is 11.2. The number of methoxy groups -OCH3 is 1. The van der Waals surface area contributed by atoms with Crippen molar-refractivity contribution < 1.29 is 27.8 Å².